The topological polar surface area (TPSA) is 3.24 Å². The van der Waals surface area contributed by atoms with Crippen molar-refractivity contribution >= 4 is 72.9 Å². The molecule has 2 spiro atoms. The lowest BCUT2D eigenvalue weighted by molar-refractivity contribution is 0.722. The highest BCUT2D eigenvalue weighted by Gasteiger charge is 2.52. The van der Waals surface area contributed by atoms with Crippen molar-refractivity contribution in [3.05, 3.63) is 317 Å². The van der Waals surface area contributed by atoms with Crippen molar-refractivity contribution in [2.45, 2.75) is 30.4 Å². The van der Waals surface area contributed by atoms with Crippen LogP contribution in [-0.2, 0) is 10.8 Å². The van der Waals surface area contributed by atoms with E-state index in [1.54, 1.807) is 0 Å². The summed E-state index contributed by atoms with van der Waals surface area (Å²) in [6.45, 7) is 0. The monoisotopic (exact) mass is 1010 g/mol. The largest absolute Gasteiger partial charge is 0.310 e. The maximum Gasteiger partial charge on any atom is 0.0735 e. The molecule has 0 N–H and O–H groups in total. The molecular formula is C74H45NS2. The average molecular weight is 1010 g/mol. The Balaban J connectivity index is 0.879. The molecule has 0 atom stereocenters. The first kappa shape index (κ1) is 43.4. The Hall–Kier alpha value is -8.86. The number of hydrogen-bond acceptors (Lipinski definition) is 3. The van der Waals surface area contributed by atoms with Gasteiger partial charge in [0.2, 0.25) is 0 Å². The van der Waals surface area contributed by atoms with E-state index in [-0.39, 0.29) is 0 Å². The van der Waals surface area contributed by atoms with Crippen molar-refractivity contribution in [1.29, 1.82) is 0 Å². The molecule has 13 aromatic carbocycles. The fourth-order valence-corrected chi connectivity index (χ4v) is 16.7. The van der Waals surface area contributed by atoms with Crippen LogP contribution in [0.2, 0.25) is 0 Å². The van der Waals surface area contributed by atoms with E-state index < -0.39 is 10.8 Å². The first-order valence-electron chi connectivity index (χ1n) is 26.6. The van der Waals surface area contributed by atoms with Crippen LogP contribution in [0.3, 0.4) is 0 Å². The number of benzene rings is 13. The maximum atomic E-state index is 2.50. The molecule has 0 bridgehead atoms. The van der Waals surface area contributed by atoms with Crippen molar-refractivity contribution < 1.29 is 0 Å². The van der Waals surface area contributed by atoms with Crippen LogP contribution in [0.25, 0.3) is 65.7 Å². The fourth-order valence-electron chi connectivity index (χ4n) is 14.3. The van der Waals surface area contributed by atoms with Crippen molar-refractivity contribution in [2.24, 2.45) is 0 Å². The van der Waals surface area contributed by atoms with Gasteiger partial charge in [0.15, 0.2) is 0 Å². The summed E-state index contributed by atoms with van der Waals surface area (Å²) < 4.78 is 0. The summed E-state index contributed by atoms with van der Waals surface area (Å²) in [4.78, 5) is 7.75. The SMILES string of the molecule is c1ccc2c(c1)Sc1ccccc1C21c2ccccc2-c2cc(N(c3ccc(-c4ccc5c6ccccc6c6ccccc6c5c4)cc3)c3ccc4c(c3)-c3ccccc3C43c4ccccc4Sc4ccccc43)ccc21. The van der Waals surface area contributed by atoms with Crippen molar-refractivity contribution in [2.75, 3.05) is 4.90 Å². The lowest BCUT2D eigenvalue weighted by Gasteiger charge is -2.40. The highest BCUT2D eigenvalue weighted by atomic mass is 32.2. The van der Waals surface area contributed by atoms with Crippen LogP contribution in [0, 0.1) is 0 Å². The summed E-state index contributed by atoms with van der Waals surface area (Å²) in [6, 6.07) is 103. The van der Waals surface area contributed by atoms with Crippen LogP contribution in [-0.4, -0.2) is 0 Å². The highest BCUT2D eigenvalue weighted by molar-refractivity contribution is 7.99. The quantitative estimate of drug-likeness (QED) is 0.162. The Bertz CT molecular complexity index is 4340. The molecule has 0 aromatic heterocycles. The number of rotatable bonds is 4. The van der Waals surface area contributed by atoms with Crippen LogP contribution in [0.4, 0.5) is 17.1 Å². The second-order valence-electron chi connectivity index (χ2n) is 21.0. The van der Waals surface area contributed by atoms with Gasteiger partial charge in [-0.1, -0.05) is 230 Å². The Labute approximate surface area is 456 Å². The zero-order chi connectivity index (χ0) is 50.4. The molecule has 358 valence electrons. The molecule has 2 aliphatic carbocycles. The van der Waals surface area contributed by atoms with Gasteiger partial charge in [-0.15, -0.1) is 0 Å². The third-order valence-corrected chi connectivity index (χ3v) is 19.7. The lowest BCUT2D eigenvalue weighted by Crippen LogP contribution is -2.32. The third-order valence-electron chi connectivity index (χ3n) is 17.4. The summed E-state index contributed by atoms with van der Waals surface area (Å²) in [5.74, 6) is 0. The first-order chi connectivity index (χ1) is 38.2. The third kappa shape index (κ3) is 5.88. The minimum absolute atomic E-state index is 0.455. The van der Waals surface area contributed by atoms with Crippen LogP contribution < -0.4 is 4.90 Å². The van der Waals surface area contributed by atoms with Gasteiger partial charge >= 0.3 is 0 Å². The molecule has 2 heterocycles. The van der Waals surface area contributed by atoms with Gasteiger partial charge in [-0.25, -0.2) is 0 Å². The van der Waals surface area contributed by atoms with Gasteiger partial charge in [0.05, 0.1) is 10.8 Å². The molecule has 0 fully saturated rings. The van der Waals surface area contributed by atoms with E-state index in [0.29, 0.717) is 0 Å². The molecule has 77 heavy (non-hydrogen) atoms. The second-order valence-corrected chi connectivity index (χ2v) is 23.1. The number of anilines is 3. The number of nitrogens with zero attached hydrogens (tertiary/aromatic N) is 1. The molecule has 1 nitrogen and oxygen atoms in total. The molecule has 0 saturated heterocycles. The van der Waals surface area contributed by atoms with E-state index >= 15 is 0 Å². The van der Waals surface area contributed by atoms with E-state index in [4.69, 9.17) is 0 Å². The molecule has 0 amide bonds. The molecule has 2 aliphatic heterocycles. The first-order valence-corrected chi connectivity index (χ1v) is 28.3. The summed E-state index contributed by atoms with van der Waals surface area (Å²) in [7, 11) is 0. The van der Waals surface area contributed by atoms with Gasteiger partial charge < -0.3 is 4.90 Å². The van der Waals surface area contributed by atoms with Crippen LogP contribution >= 0.6 is 23.5 Å². The summed E-state index contributed by atoms with van der Waals surface area (Å²) >= 11 is 3.78. The molecule has 3 heteroatoms. The van der Waals surface area contributed by atoms with E-state index in [2.05, 4.69) is 278 Å². The van der Waals surface area contributed by atoms with Crippen molar-refractivity contribution in [1.82, 2.24) is 0 Å². The van der Waals surface area contributed by atoms with Crippen molar-refractivity contribution in [3.63, 3.8) is 0 Å². The van der Waals surface area contributed by atoms with Crippen LogP contribution in [0.1, 0.15) is 44.5 Å². The van der Waals surface area contributed by atoms with Gasteiger partial charge in [-0.3, -0.25) is 0 Å². The molecule has 0 saturated carbocycles. The summed E-state index contributed by atoms with van der Waals surface area (Å²) in [5.41, 5.74) is 20.6. The number of fused-ring (bicyclic) bond motifs is 24. The maximum absolute atomic E-state index is 2.50. The zero-order valence-electron chi connectivity index (χ0n) is 41.7. The van der Waals surface area contributed by atoms with Gasteiger partial charge in [-0.2, -0.15) is 0 Å². The highest BCUT2D eigenvalue weighted by Crippen LogP contribution is 2.65. The molecule has 4 aliphatic rings. The number of hydrogen-bond donors (Lipinski definition) is 0. The molecular weight excluding hydrogens is 967 g/mol. The standard InChI is InChI=1S/C74H45NS2/c1-2-19-53-51(17-1)52-18-3-4-20-54(52)58-43-47(35-40-55(53)58)46-33-36-48(37-34-46)75(49-38-41-63-59(44-49)56-21-5-7-23-61(56)73(63)65-25-9-13-29-69(65)76-70-30-14-10-26-66(70)73)50-39-42-64-60(45-50)57-22-6-8-24-62(57)74(64)67-27-11-15-31-71(67)77-72-32-16-12-28-68(72)74/h1-45H. The van der Waals surface area contributed by atoms with Crippen LogP contribution in [0.15, 0.2) is 293 Å². The summed E-state index contributed by atoms with van der Waals surface area (Å²) in [5, 5.41) is 7.71. The molecule has 0 radical (unpaired) electrons. The Morgan fingerprint density at radius 1 is 0.221 bits per heavy atom. The summed E-state index contributed by atoms with van der Waals surface area (Å²) in [6.07, 6.45) is 0. The van der Waals surface area contributed by atoms with Gasteiger partial charge in [0, 0.05) is 36.6 Å². The van der Waals surface area contributed by atoms with E-state index in [0.717, 1.165) is 17.1 Å². The van der Waals surface area contributed by atoms with Crippen molar-refractivity contribution in [3.8, 4) is 33.4 Å². The second kappa shape index (κ2) is 16.3. The Morgan fingerprint density at radius 3 is 0.987 bits per heavy atom. The molecule has 13 aromatic rings. The van der Waals surface area contributed by atoms with Crippen LogP contribution in [0.5, 0.6) is 0 Å². The predicted octanol–water partition coefficient (Wildman–Crippen LogP) is 19.9. The van der Waals surface area contributed by atoms with Gasteiger partial charge in [-0.05, 0) is 177 Å². The van der Waals surface area contributed by atoms with E-state index in [9.17, 15) is 0 Å². The zero-order valence-corrected chi connectivity index (χ0v) is 43.4. The van der Waals surface area contributed by atoms with Gasteiger partial charge in [0.1, 0.15) is 0 Å². The fraction of sp³-hybridized carbons (Fsp3) is 0.0270. The normalized spacial score (nSPS) is 14.3. The minimum atomic E-state index is -0.455. The molecule has 17 rings (SSSR count). The average Bonchev–Trinajstić information content (AvgIpc) is 4.06. The Morgan fingerprint density at radius 2 is 0.545 bits per heavy atom. The lowest BCUT2D eigenvalue weighted by atomic mass is 9.67. The minimum Gasteiger partial charge on any atom is -0.310 e. The van der Waals surface area contributed by atoms with E-state index in [1.165, 1.54) is 130 Å². The van der Waals surface area contributed by atoms with Gasteiger partial charge in [0.25, 0.3) is 0 Å². The molecule has 0 unspecified atom stereocenters. The predicted molar refractivity (Wildman–Crippen MR) is 322 cm³/mol. The Kier molecular flexibility index (Phi) is 9.20. The smallest absolute Gasteiger partial charge is 0.0735 e. The van der Waals surface area contributed by atoms with E-state index in [1.807, 2.05) is 23.5 Å².